The van der Waals surface area contributed by atoms with Gasteiger partial charge in [-0.25, -0.2) is 8.42 Å². The van der Waals surface area contributed by atoms with Gasteiger partial charge in [-0.2, -0.15) is 4.31 Å². The summed E-state index contributed by atoms with van der Waals surface area (Å²) in [5.74, 6) is -0.241. The van der Waals surface area contributed by atoms with Crippen molar-refractivity contribution in [3.63, 3.8) is 0 Å². The number of nitrogens with zero attached hydrogens (tertiary/aromatic N) is 1. The van der Waals surface area contributed by atoms with E-state index in [4.69, 9.17) is 0 Å². The van der Waals surface area contributed by atoms with Crippen molar-refractivity contribution in [1.29, 1.82) is 0 Å². The molecule has 0 saturated heterocycles. The summed E-state index contributed by atoms with van der Waals surface area (Å²) in [5, 5.41) is 2.82. The number of carbonyl (C=O) groups excluding carboxylic acids is 1. The predicted octanol–water partition coefficient (Wildman–Crippen LogP) is 2.13. The molecule has 0 unspecified atom stereocenters. The zero-order chi connectivity index (χ0) is 17.5. The lowest BCUT2D eigenvalue weighted by atomic mass is 9.95. The van der Waals surface area contributed by atoms with Gasteiger partial charge in [-0.15, -0.1) is 0 Å². The van der Waals surface area contributed by atoms with Gasteiger partial charge in [0, 0.05) is 13.1 Å². The molecular formula is C17H26N2O3S. The number of rotatable bonds is 5. The van der Waals surface area contributed by atoms with Crippen molar-refractivity contribution in [2.75, 3.05) is 13.6 Å². The molecule has 23 heavy (non-hydrogen) atoms. The van der Waals surface area contributed by atoms with Gasteiger partial charge in [0.15, 0.2) is 0 Å². The van der Waals surface area contributed by atoms with Crippen LogP contribution in [0.3, 0.4) is 0 Å². The smallest absolute Gasteiger partial charge is 0.243 e. The summed E-state index contributed by atoms with van der Waals surface area (Å²) in [6.07, 6.45) is 1.97. The Morgan fingerprint density at radius 2 is 1.43 bits per heavy atom. The first-order valence-corrected chi connectivity index (χ1v) is 9.34. The number of nitrogens with one attached hydrogen (secondary N) is 1. The highest BCUT2D eigenvalue weighted by Gasteiger charge is 2.30. The van der Waals surface area contributed by atoms with Gasteiger partial charge in [0.25, 0.3) is 0 Å². The maximum absolute atomic E-state index is 13.0. The standard InChI is InChI=1S/C17H26N2O3S/c1-10-11(2)13(4)17(14(5)12(10)3)23(21,22)19(6)9-16(20)18-15-7-8-15/h15H,7-9H2,1-6H3,(H,18,20). The Hall–Kier alpha value is -1.40. The maximum atomic E-state index is 13.0. The van der Waals surface area contributed by atoms with Gasteiger partial charge >= 0.3 is 0 Å². The first-order chi connectivity index (χ1) is 10.6. The lowest BCUT2D eigenvalue weighted by Crippen LogP contribution is -2.39. The topological polar surface area (TPSA) is 66.5 Å². The molecule has 1 fully saturated rings. The maximum Gasteiger partial charge on any atom is 0.243 e. The second-order valence-corrected chi connectivity index (χ2v) is 8.54. The van der Waals surface area contributed by atoms with Gasteiger partial charge in [-0.05, 0) is 75.3 Å². The first-order valence-electron chi connectivity index (χ1n) is 7.90. The lowest BCUT2D eigenvalue weighted by Gasteiger charge is -2.23. The summed E-state index contributed by atoms with van der Waals surface area (Å²) < 4.78 is 27.1. The number of benzene rings is 1. The normalized spacial score (nSPS) is 15.1. The van der Waals surface area contributed by atoms with E-state index in [9.17, 15) is 13.2 Å². The van der Waals surface area contributed by atoms with Crippen LogP contribution in [0, 0.1) is 34.6 Å². The largest absolute Gasteiger partial charge is 0.352 e. The molecule has 1 aliphatic carbocycles. The van der Waals surface area contributed by atoms with E-state index in [0.717, 1.165) is 45.0 Å². The Labute approximate surface area is 139 Å². The van der Waals surface area contributed by atoms with E-state index in [0.29, 0.717) is 4.90 Å². The average Bonchev–Trinajstić information content (AvgIpc) is 3.26. The van der Waals surface area contributed by atoms with Crippen molar-refractivity contribution in [2.24, 2.45) is 0 Å². The van der Waals surface area contributed by atoms with E-state index >= 15 is 0 Å². The summed E-state index contributed by atoms with van der Waals surface area (Å²) in [4.78, 5) is 12.3. The van der Waals surface area contributed by atoms with Crippen LogP contribution in [0.25, 0.3) is 0 Å². The Morgan fingerprint density at radius 1 is 1.00 bits per heavy atom. The summed E-state index contributed by atoms with van der Waals surface area (Å²) in [7, 11) is -2.24. The summed E-state index contributed by atoms with van der Waals surface area (Å²) in [6.45, 7) is 9.41. The molecule has 1 N–H and O–H groups in total. The van der Waals surface area contributed by atoms with E-state index in [1.165, 1.54) is 7.05 Å². The molecule has 1 saturated carbocycles. The van der Waals surface area contributed by atoms with Crippen molar-refractivity contribution in [2.45, 2.75) is 58.4 Å². The number of likely N-dealkylation sites (N-methyl/N-ethyl adjacent to an activating group) is 1. The molecule has 1 aromatic rings. The molecule has 1 aromatic carbocycles. The second kappa shape index (κ2) is 6.24. The average molecular weight is 338 g/mol. The monoisotopic (exact) mass is 338 g/mol. The molecule has 0 aliphatic heterocycles. The van der Waals surface area contributed by atoms with Gasteiger partial charge < -0.3 is 5.32 Å². The fourth-order valence-corrected chi connectivity index (χ4v) is 4.48. The Bertz CT molecular complexity index is 721. The molecule has 1 amide bonds. The van der Waals surface area contributed by atoms with Crippen molar-refractivity contribution < 1.29 is 13.2 Å². The van der Waals surface area contributed by atoms with Crippen LogP contribution in [-0.2, 0) is 14.8 Å². The molecule has 0 heterocycles. The number of hydrogen-bond acceptors (Lipinski definition) is 3. The van der Waals surface area contributed by atoms with Crippen LogP contribution in [-0.4, -0.2) is 38.3 Å². The lowest BCUT2D eigenvalue weighted by molar-refractivity contribution is -0.121. The summed E-state index contributed by atoms with van der Waals surface area (Å²) >= 11 is 0. The van der Waals surface area contributed by atoms with E-state index in [1.807, 2.05) is 34.6 Å². The third-order valence-electron chi connectivity index (χ3n) is 4.91. The molecular weight excluding hydrogens is 312 g/mol. The molecule has 0 radical (unpaired) electrons. The van der Waals surface area contributed by atoms with Crippen LogP contribution in [0.1, 0.15) is 40.7 Å². The van der Waals surface area contributed by atoms with Gasteiger partial charge in [-0.1, -0.05) is 0 Å². The van der Waals surface area contributed by atoms with Crippen LogP contribution in [0.15, 0.2) is 4.90 Å². The highest BCUT2D eigenvalue weighted by molar-refractivity contribution is 7.89. The molecule has 5 nitrogen and oxygen atoms in total. The molecule has 1 aliphatic rings. The van der Waals surface area contributed by atoms with Gasteiger partial charge in [0.1, 0.15) is 0 Å². The molecule has 2 rings (SSSR count). The highest BCUT2D eigenvalue weighted by atomic mass is 32.2. The fourth-order valence-electron chi connectivity index (χ4n) is 2.80. The highest BCUT2D eigenvalue weighted by Crippen LogP contribution is 2.31. The third-order valence-corrected chi connectivity index (χ3v) is 6.99. The van der Waals surface area contributed by atoms with Crippen molar-refractivity contribution in [1.82, 2.24) is 9.62 Å². The summed E-state index contributed by atoms with van der Waals surface area (Å²) in [5.41, 5.74) is 4.62. The van der Waals surface area contributed by atoms with Crippen molar-refractivity contribution >= 4 is 15.9 Å². The Morgan fingerprint density at radius 3 is 1.87 bits per heavy atom. The SMILES string of the molecule is Cc1c(C)c(C)c(S(=O)(=O)N(C)CC(=O)NC2CC2)c(C)c1C. The molecule has 0 aromatic heterocycles. The number of sulfonamides is 1. The minimum atomic E-state index is -3.70. The van der Waals surface area contributed by atoms with Gasteiger partial charge in [-0.3, -0.25) is 4.79 Å². The van der Waals surface area contributed by atoms with E-state index < -0.39 is 10.0 Å². The number of carbonyl (C=O) groups is 1. The van der Waals surface area contributed by atoms with Crippen LogP contribution in [0.4, 0.5) is 0 Å². The minimum Gasteiger partial charge on any atom is -0.352 e. The van der Waals surface area contributed by atoms with E-state index in [1.54, 1.807) is 0 Å². The predicted molar refractivity (Wildman–Crippen MR) is 91.1 cm³/mol. The Balaban J connectivity index is 2.37. The molecule has 6 heteroatoms. The van der Waals surface area contributed by atoms with Crippen molar-refractivity contribution in [3.8, 4) is 0 Å². The first kappa shape index (κ1) is 17.9. The zero-order valence-electron chi connectivity index (χ0n) is 14.8. The van der Waals surface area contributed by atoms with Crippen LogP contribution in [0.2, 0.25) is 0 Å². The second-order valence-electron chi connectivity index (χ2n) is 6.56. The van der Waals surface area contributed by atoms with Crippen LogP contribution in [0.5, 0.6) is 0 Å². The Kier molecular flexibility index (Phi) is 4.87. The van der Waals surface area contributed by atoms with E-state index in [-0.39, 0.29) is 18.5 Å². The minimum absolute atomic E-state index is 0.149. The zero-order valence-corrected chi connectivity index (χ0v) is 15.6. The van der Waals surface area contributed by atoms with Gasteiger partial charge in [0.2, 0.25) is 15.9 Å². The third kappa shape index (κ3) is 3.43. The van der Waals surface area contributed by atoms with E-state index in [2.05, 4.69) is 5.32 Å². The molecule has 0 spiro atoms. The van der Waals surface area contributed by atoms with Gasteiger partial charge in [0.05, 0.1) is 11.4 Å². The molecule has 0 bridgehead atoms. The quantitative estimate of drug-likeness (QED) is 0.894. The number of amides is 1. The molecule has 0 atom stereocenters. The summed E-state index contributed by atoms with van der Waals surface area (Å²) in [6, 6.07) is 0.228. The van der Waals surface area contributed by atoms with Crippen LogP contribution < -0.4 is 5.32 Å². The molecule has 128 valence electrons. The van der Waals surface area contributed by atoms with Crippen molar-refractivity contribution in [3.05, 3.63) is 27.8 Å². The number of hydrogen-bond donors (Lipinski definition) is 1. The van der Waals surface area contributed by atoms with Crippen LogP contribution >= 0.6 is 0 Å². The fraction of sp³-hybridized carbons (Fsp3) is 0.588.